The number of allylic oxidation sites excluding steroid dienone is 1. The van der Waals surface area contributed by atoms with Gasteiger partial charge in [0.2, 0.25) is 0 Å². The number of halogens is 4. The summed E-state index contributed by atoms with van der Waals surface area (Å²) in [6.45, 7) is 9.29. The molecule has 0 saturated heterocycles. The summed E-state index contributed by atoms with van der Waals surface area (Å²) in [6.07, 6.45) is 12.9. The van der Waals surface area contributed by atoms with Gasteiger partial charge in [-0.2, -0.15) is 0 Å². The third-order valence-corrected chi connectivity index (χ3v) is 15.9. The van der Waals surface area contributed by atoms with Crippen molar-refractivity contribution < 1.29 is 9.59 Å². The maximum Gasteiger partial charge on any atom is 0.199 e. The van der Waals surface area contributed by atoms with Crippen molar-refractivity contribution in [3.05, 3.63) is 151 Å². The summed E-state index contributed by atoms with van der Waals surface area (Å²) in [7, 11) is 0. The first-order valence-electron chi connectivity index (χ1n) is 22.5. The van der Waals surface area contributed by atoms with E-state index >= 15 is 0 Å². The Labute approximate surface area is 385 Å². The number of carbonyl (C=O) groups excluding carboxylic acids is 2. The van der Waals surface area contributed by atoms with Gasteiger partial charge in [0.25, 0.3) is 0 Å². The highest BCUT2D eigenvalue weighted by Gasteiger charge is 2.52. The molecule has 1 aliphatic carbocycles. The second-order valence-electron chi connectivity index (χ2n) is 17.4. The van der Waals surface area contributed by atoms with E-state index in [1.807, 2.05) is 6.07 Å². The number of benzene rings is 7. The molecular weight excluding hydrogens is 848 g/mol. The number of rotatable bonds is 14. The minimum atomic E-state index is -0.503. The molecule has 9 rings (SSSR count). The highest BCUT2D eigenvalue weighted by molar-refractivity contribution is 6.57. The number of carbonyl (C=O) groups is 2. The van der Waals surface area contributed by atoms with Gasteiger partial charge in [-0.25, -0.2) is 0 Å². The fraction of sp³-hybridized carbons (Fsp3) is 0.309. The lowest BCUT2D eigenvalue weighted by Crippen LogP contribution is -2.47. The molecule has 1 heterocycles. The monoisotopic (exact) mass is 897 g/mol. The van der Waals surface area contributed by atoms with Crippen LogP contribution < -0.4 is 4.90 Å². The van der Waals surface area contributed by atoms with E-state index in [0.29, 0.717) is 11.8 Å². The predicted molar refractivity (Wildman–Crippen MR) is 265 cm³/mol. The Balaban J connectivity index is 1.32. The molecule has 7 aromatic rings. The average molecular weight is 900 g/mol. The SMILES string of the molecule is CCCCCC(CC)C1(C(CC)CCCCC)c2ccccc2N(c2cc3ccc4cccc5ccc(c2)c3c45)c2ccc(C=C3C(=O)c4c(Cl)c(Cl)c(Cl)c(Cl)c4C3=O)cc21. The number of hydrogen-bond donors (Lipinski definition) is 0. The minimum Gasteiger partial charge on any atom is -0.310 e. The van der Waals surface area contributed by atoms with E-state index in [1.165, 1.54) is 62.0 Å². The zero-order chi connectivity index (χ0) is 43.4. The molecule has 2 unspecified atom stereocenters. The lowest BCUT2D eigenvalue weighted by Gasteiger charge is -2.54. The summed E-state index contributed by atoms with van der Waals surface area (Å²) in [6, 6.07) is 35.9. The molecule has 0 fully saturated rings. The summed E-state index contributed by atoms with van der Waals surface area (Å²) >= 11 is 26.1. The highest BCUT2D eigenvalue weighted by Crippen LogP contribution is 2.62. The number of Topliss-reactive ketones (excluding diaryl/α,β-unsaturated/α-hetero) is 2. The van der Waals surface area contributed by atoms with Gasteiger partial charge in [-0.15, -0.1) is 0 Å². The van der Waals surface area contributed by atoms with Crippen LogP contribution in [0.25, 0.3) is 38.4 Å². The van der Waals surface area contributed by atoms with E-state index < -0.39 is 11.6 Å². The summed E-state index contributed by atoms with van der Waals surface area (Å²) in [5.41, 5.74) is 6.42. The van der Waals surface area contributed by atoms with Gasteiger partial charge in [0.05, 0.1) is 48.2 Å². The fourth-order valence-electron chi connectivity index (χ4n) is 11.3. The molecule has 316 valence electrons. The molecule has 0 N–H and O–H groups in total. The van der Waals surface area contributed by atoms with Crippen LogP contribution in [0.3, 0.4) is 0 Å². The molecule has 0 aromatic heterocycles. The molecule has 62 heavy (non-hydrogen) atoms. The van der Waals surface area contributed by atoms with Crippen LogP contribution in [0.5, 0.6) is 0 Å². The van der Waals surface area contributed by atoms with Crippen molar-refractivity contribution in [2.24, 2.45) is 11.8 Å². The summed E-state index contributed by atoms with van der Waals surface area (Å²) < 4.78 is 0. The normalized spacial score (nSPS) is 17.0. The van der Waals surface area contributed by atoms with Crippen LogP contribution in [-0.2, 0) is 5.41 Å². The Morgan fingerprint density at radius 2 is 1.06 bits per heavy atom. The number of hydrogen-bond acceptors (Lipinski definition) is 3. The smallest absolute Gasteiger partial charge is 0.199 e. The van der Waals surface area contributed by atoms with Crippen molar-refractivity contribution in [2.75, 3.05) is 4.90 Å². The van der Waals surface area contributed by atoms with Gasteiger partial charge < -0.3 is 4.90 Å². The standard InChI is InChI=1S/C55H51Cl4NO2/c1-5-9-11-18-37(7-3)55(38(8-4)19-12-10-6-2)41-20-13-14-21-43(41)60(39-30-35-25-23-33-16-15-17-34-24-26-36(31-39)46(35)45(33)34)44-27-22-32(29-42(44)55)28-40-53(61)47-48(54(40)62)50(57)52(59)51(58)49(47)56/h13-17,20-31,37-38H,5-12,18-19H2,1-4H3. The predicted octanol–water partition coefficient (Wildman–Crippen LogP) is 17.9. The zero-order valence-corrected chi connectivity index (χ0v) is 38.8. The number of anilines is 3. The Morgan fingerprint density at radius 1 is 0.548 bits per heavy atom. The van der Waals surface area contributed by atoms with Crippen molar-refractivity contribution in [2.45, 2.75) is 97.3 Å². The molecule has 7 aromatic carbocycles. The Bertz CT molecular complexity index is 2800. The Kier molecular flexibility index (Phi) is 12.0. The summed E-state index contributed by atoms with van der Waals surface area (Å²) in [4.78, 5) is 30.8. The van der Waals surface area contributed by atoms with Crippen LogP contribution in [0.2, 0.25) is 20.1 Å². The third kappa shape index (κ3) is 6.68. The lowest BCUT2D eigenvalue weighted by atomic mass is 9.53. The maximum atomic E-state index is 14.2. The average Bonchev–Trinajstić information content (AvgIpc) is 3.54. The summed E-state index contributed by atoms with van der Waals surface area (Å²) in [5, 5.41) is 7.28. The van der Waals surface area contributed by atoms with Gasteiger partial charge in [-0.3, -0.25) is 9.59 Å². The van der Waals surface area contributed by atoms with E-state index in [0.717, 1.165) is 68.3 Å². The van der Waals surface area contributed by atoms with Crippen LogP contribution in [-0.4, -0.2) is 11.6 Å². The van der Waals surface area contributed by atoms with Crippen molar-refractivity contribution in [1.29, 1.82) is 0 Å². The van der Waals surface area contributed by atoms with E-state index in [4.69, 9.17) is 46.4 Å². The zero-order valence-electron chi connectivity index (χ0n) is 35.8. The van der Waals surface area contributed by atoms with E-state index in [-0.39, 0.29) is 42.2 Å². The van der Waals surface area contributed by atoms with Crippen molar-refractivity contribution in [3.8, 4) is 0 Å². The van der Waals surface area contributed by atoms with Gasteiger partial charge in [0, 0.05) is 11.1 Å². The largest absolute Gasteiger partial charge is 0.310 e. The van der Waals surface area contributed by atoms with Crippen molar-refractivity contribution >= 4 is 113 Å². The number of ketones is 2. The van der Waals surface area contributed by atoms with Crippen LogP contribution >= 0.6 is 46.4 Å². The molecule has 7 heteroatoms. The molecule has 0 bridgehead atoms. The van der Waals surface area contributed by atoms with Crippen molar-refractivity contribution in [1.82, 2.24) is 0 Å². The van der Waals surface area contributed by atoms with E-state index in [2.05, 4.69) is 124 Å². The van der Waals surface area contributed by atoms with Crippen LogP contribution in [0.15, 0.2) is 103 Å². The van der Waals surface area contributed by atoms with Gasteiger partial charge in [0.1, 0.15) is 0 Å². The number of nitrogens with zero attached hydrogens (tertiary/aromatic N) is 1. The Morgan fingerprint density at radius 3 is 1.61 bits per heavy atom. The number of para-hydroxylation sites is 1. The molecule has 0 saturated carbocycles. The molecule has 2 atom stereocenters. The molecule has 0 amide bonds. The first-order chi connectivity index (χ1) is 30.1. The quantitative estimate of drug-likeness (QED) is 0.0273. The number of fused-ring (bicyclic) bond motifs is 3. The van der Waals surface area contributed by atoms with Gasteiger partial charge in [-0.1, -0.05) is 192 Å². The molecule has 3 nitrogen and oxygen atoms in total. The Hall–Kier alpha value is -4.38. The second kappa shape index (κ2) is 17.3. The minimum absolute atomic E-state index is 0.00210. The van der Waals surface area contributed by atoms with Crippen LogP contribution in [0.1, 0.15) is 129 Å². The van der Waals surface area contributed by atoms with E-state index in [1.54, 1.807) is 6.08 Å². The molecule has 1 aliphatic heterocycles. The molecule has 2 aliphatic rings. The number of unbranched alkanes of at least 4 members (excludes halogenated alkanes) is 4. The van der Waals surface area contributed by atoms with E-state index in [9.17, 15) is 9.59 Å². The topological polar surface area (TPSA) is 37.4 Å². The second-order valence-corrected chi connectivity index (χ2v) is 18.9. The fourth-order valence-corrected chi connectivity index (χ4v) is 12.4. The first kappa shape index (κ1) is 42.9. The van der Waals surface area contributed by atoms with Crippen molar-refractivity contribution in [3.63, 3.8) is 0 Å². The van der Waals surface area contributed by atoms with Gasteiger partial charge >= 0.3 is 0 Å². The van der Waals surface area contributed by atoms with Crippen LogP contribution in [0, 0.1) is 11.8 Å². The summed E-state index contributed by atoms with van der Waals surface area (Å²) in [5.74, 6) is -0.344. The van der Waals surface area contributed by atoms with Gasteiger partial charge in [-0.05, 0) is 110 Å². The van der Waals surface area contributed by atoms with Gasteiger partial charge in [0.15, 0.2) is 11.6 Å². The highest BCUT2D eigenvalue weighted by atomic mass is 35.5. The van der Waals surface area contributed by atoms with Crippen LogP contribution in [0.4, 0.5) is 17.1 Å². The first-order valence-corrected chi connectivity index (χ1v) is 24.0. The molecular formula is C55H51Cl4NO2. The third-order valence-electron chi connectivity index (χ3n) is 14.1. The molecule has 0 spiro atoms. The lowest BCUT2D eigenvalue weighted by molar-refractivity contribution is 0.0990. The molecule has 0 radical (unpaired) electrons. The maximum absolute atomic E-state index is 14.2.